The van der Waals surface area contributed by atoms with Crippen LogP contribution in [0.25, 0.3) is 11.3 Å². The molecule has 0 amide bonds. The Kier molecular flexibility index (Phi) is 5.91. The van der Waals surface area contributed by atoms with Crippen LogP contribution in [-0.4, -0.2) is 17.6 Å². The molecule has 3 aromatic rings. The number of aromatic nitrogens is 1. The monoisotopic (exact) mass is 467 g/mol. The van der Waals surface area contributed by atoms with Gasteiger partial charge in [0.15, 0.2) is 4.34 Å². The van der Waals surface area contributed by atoms with Crippen molar-refractivity contribution in [2.75, 3.05) is 6.61 Å². The summed E-state index contributed by atoms with van der Waals surface area (Å²) in [6.07, 6.45) is 0. The third-order valence-corrected chi connectivity index (χ3v) is 6.27. The second-order valence-electron chi connectivity index (χ2n) is 4.82. The highest BCUT2D eigenvalue weighted by Gasteiger charge is 2.13. The Morgan fingerprint density at radius 1 is 1.17 bits per heavy atom. The number of hydrogen-bond acceptors (Lipinski definition) is 5. The lowest BCUT2D eigenvalue weighted by atomic mass is 10.1. The topological polar surface area (TPSA) is 39.2 Å². The summed E-state index contributed by atoms with van der Waals surface area (Å²) in [5.74, 6) is -0.294. The van der Waals surface area contributed by atoms with Crippen molar-refractivity contribution in [1.29, 1.82) is 0 Å². The molecular formula is C18H14INO2S2. The van der Waals surface area contributed by atoms with Crippen LogP contribution in [-0.2, 0) is 4.74 Å². The summed E-state index contributed by atoms with van der Waals surface area (Å²) in [5, 5.41) is 0. The number of nitrogens with zero attached hydrogens (tertiary/aromatic N) is 1. The van der Waals surface area contributed by atoms with Gasteiger partial charge in [0, 0.05) is 10.5 Å². The molecule has 3 nitrogen and oxygen atoms in total. The molecule has 0 atom stereocenters. The molecule has 1 heterocycles. The van der Waals surface area contributed by atoms with Crippen LogP contribution in [0.3, 0.4) is 0 Å². The largest absolute Gasteiger partial charge is 0.462 e. The predicted molar refractivity (Wildman–Crippen MR) is 107 cm³/mol. The van der Waals surface area contributed by atoms with Gasteiger partial charge in [-0.1, -0.05) is 42.1 Å². The fraction of sp³-hybridized carbons (Fsp3) is 0.111. The minimum absolute atomic E-state index is 0.294. The Balaban J connectivity index is 1.81. The van der Waals surface area contributed by atoms with Crippen molar-refractivity contribution in [3.8, 4) is 11.3 Å². The van der Waals surface area contributed by atoms with E-state index in [1.165, 1.54) is 4.90 Å². The first kappa shape index (κ1) is 17.4. The van der Waals surface area contributed by atoms with Crippen LogP contribution in [0.4, 0.5) is 0 Å². The first-order valence-electron chi connectivity index (χ1n) is 7.34. The Morgan fingerprint density at radius 2 is 1.88 bits per heavy atom. The number of carbonyl (C=O) groups is 1. The van der Waals surface area contributed by atoms with Crippen molar-refractivity contribution in [2.24, 2.45) is 0 Å². The van der Waals surface area contributed by atoms with Gasteiger partial charge in [-0.05, 0) is 53.8 Å². The molecule has 0 saturated carbocycles. The number of benzene rings is 2. The van der Waals surface area contributed by atoms with E-state index in [9.17, 15) is 4.79 Å². The van der Waals surface area contributed by atoms with Crippen molar-refractivity contribution in [3.63, 3.8) is 0 Å². The number of carbonyl (C=O) groups excluding carboxylic acids is 1. The fourth-order valence-electron chi connectivity index (χ4n) is 2.07. The normalized spacial score (nSPS) is 10.6. The van der Waals surface area contributed by atoms with Crippen LogP contribution in [0.15, 0.2) is 63.8 Å². The molecule has 0 aliphatic heterocycles. The minimum atomic E-state index is -0.294. The summed E-state index contributed by atoms with van der Waals surface area (Å²) in [6, 6.07) is 17.6. The molecule has 0 spiro atoms. The number of thiazole rings is 1. The molecule has 0 N–H and O–H groups in total. The van der Waals surface area contributed by atoms with Gasteiger partial charge in [-0.15, -0.1) is 11.3 Å². The summed E-state index contributed by atoms with van der Waals surface area (Å²) in [7, 11) is 0. The quantitative estimate of drug-likeness (QED) is 0.354. The molecule has 2 aromatic carbocycles. The van der Waals surface area contributed by atoms with Crippen molar-refractivity contribution in [1.82, 2.24) is 4.98 Å². The summed E-state index contributed by atoms with van der Waals surface area (Å²) in [5.41, 5.74) is 2.52. The molecule has 0 saturated heterocycles. The van der Waals surface area contributed by atoms with E-state index in [4.69, 9.17) is 9.72 Å². The third-order valence-electron chi connectivity index (χ3n) is 3.18. The first-order valence-corrected chi connectivity index (χ1v) is 10.1. The van der Waals surface area contributed by atoms with Gasteiger partial charge in [-0.3, -0.25) is 0 Å². The standard InChI is InChI=1S/C18H14INO2S2/c1-2-22-17(21)13-10-8-12(9-11-13)15-16(19)24-18(20-15)23-14-6-4-3-5-7-14/h3-11H,2H2,1H3. The van der Waals surface area contributed by atoms with Crippen molar-refractivity contribution < 1.29 is 9.53 Å². The first-order chi connectivity index (χ1) is 11.7. The summed E-state index contributed by atoms with van der Waals surface area (Å²) in [6.45, 7) is 2.18. The highest BCUT2D eigenvalue weighted by atomic mass is 127. The lowest BCUT2D eigenvalue weighted by Gasteiger charge is -2.03. The maximum atomic E-state index is 11.7. The number of rotatable bonds is 5. The highest BCUT2D eigenvalue weighted by Crippen LogP contribution is 2.37. The molecule has 1 aromatic heterocycles. The van der Waals surface area contributed by atoms with Gasteiger partial charge < -0.3 is 4.74 Å². The van der Waals surface area contributed by atoms with Crippen LogP contribution < -0.4 is 0 Å². The molecule has 3 rings (SSSR count). The van der Waals surface area contributed by atoms with Gasteiger partial charge in [0.1, 0.15) is 0 Å². The van der Waals surface area contributed by atoms with E-state index in [1.54, 1.807) is 42.2 Å². The van der Waals surface area contributed by atoms with Gasteiger partial charge in [0.25, 0.3) is 0 Å². The van der Waals surface area contributed by atoms with E-state index in [0.29, 0.717) is 12.2 Å². The highest BCUT2D eigenvalue weighted by molar-refractivity contribution is 14.1. The number of halogens is 1. The second-order valence-corrected chi connectivity index (χ2v) is 8.95. The second kappa shape index (κ2) is 8.13. The lowest BCUT2D eigenvalue weighted by Crippen LogP contribution is -2.04. The van der Waals surface area contributed by atoms with Crippen LogP contribution >= 0.6 is 45.7 Å². The molecule has 6 heteroatoms. The van der Waals surface area contributed by atoms with Crippen LogP contribution in [0.5, 0.6) is 0 Å². The molecule has 24 heavy (non-hydrogen) atoms. The number of esters is 1. The van der Waals surface area contributed by atoms with E-state index >= 15 is 0 Å². The molecular weight excluding hydrogens is 453 g/mol. The van der Waals surface area contributed by atoms with Crippen molar-refractivity contribution >= 4 is 51.7 Å². The van der Waals surface area contributed by atoms with Gasteiger partial charge in [0.05, 0.1) is 20.7 Å². The Labute approximate surface area is 162 Å². The maximum Gasteiger partial charge on any atom is 0.338 e. The summed E-state index contributed by atoms with van der Waals surface area (Å²) in [4.78, 5) is 17.6. The molecule has 122 valence electrons. The molecule has 0 bridgehead atoms. The average molecular weight is 467 g/mol. The molecule has 0 aliphatic carbocycles. The zero-order chi connectivity index (χ0) is 16.9. The predicted octanol–water partition coefficient (Wildman–Crippen LogP) is 5.74. The van der Waals surface area contributed by atoms with Gasteiger partial charge in [-0.25, -0.2) is 9.78 Å². The maximum absolute atomic E-state index is 11.7. The fourth-order valence-corrected chi connectivity index (χ4v) is 5.47. The Bertz CT molecular complexity index is 832. The van der Waals surface area contributed by atoms with E-state index in [0.717, 1.165) is 18.5 Å². The zero-order valence-electron chi connectivity index (χ0n) is 12.9. The minimum Gasteiger partial charge on any atom is -0.462 e. The summed E-state index contributed by atoms with van der Waals surface area (Å²) >= 11 is 5.64. The van der Waals surface area contributed by atoms with E-state index < -0.39 is 0 Å². The van der Waals surface area contributed by atoms with Crippen molar-refractivity contribution in [2.45, 2.75) is 16.2 Å². The smallest absolute Gasteiger partial charge is 0.338 e. The van der Waals surface area contributed by atoms with Crippen LogP contribution in [0.2, 0.25) is 0 Å². The molecule has 0 unspecified atom stereocenters. The third kappa shape index (κ3) is 4.17. The summed E-state index contributed by atoms with van der Waals surface area (Å²) < 4.78 is 7.15. The Hall–Kier alpha value is -1.38. The van der Waals surface area contributed by atoms with Crippen LogP contribution in [0, 0.1) is 2.88 Å². The van der Waals surface area contributed by atoms with Gasteiger partial charge >= 0.3 is 5.97 Å². The van der Waals surface area contributed by atoms with E-state index in [-0.39, 0.29) is 5.97 Å². The zero-order valence-corrected chi connectivity index (χ0v) is 16.7. The van der Waals surface area contributed by atoms with E-state index in [1.807, 2.05) is 30.3 Å². The average Bonchev–Trinajstić information content (AvgIpc) is 2.96. The van der Waals surface area contributed by atoms with Crippen LogP contribution in [0.1, 0.15) is 17.3 Å². The van der Waals surface area contributed by atoms with E-state index in [2.05, 4.69) is 34.7 Å². The number of ether oxygens (including phenoxy) is 1. The van der Waals surface area contributed by atoms with Gasteiger partial charge in [0.2, 0.25) is 0 Å². The lowest BCUT2D eigenvalue weighted by molar-refractivity contribution is 0.0526. The number of hydrogen-bond donors (Lipinski definition) is 0. The SMILES string of the molecule is CCOC(=O)c1ccc(-c2nc(Sc3ccccc3)sc2I)cc1. The Morgan fingerprint density at radius 3 is 2.54 bits per heavy atom. The van der Waals surface area contributed by atoms with Crippen molar-refractivity contribution in [3.05, 3.63) is 63.0 Å². The molecule has 0 aliphatic rings. The molecule has 0 radical (unpaired) electrons. The molecule has 0 fully saturated rings. The van der Waals surface area contributed by atoms with Gasteiger partial charge in [-0.2, -0.15) is 0 Å².